The highest BCUT2D eigenvalue weighted by molar-refractivity contribution is 5.75. The number of H-pyrrole nitrogens is 1. The molecule has 4 rings (SSSR count). The topological polar surface area (TPSA) is 63.6 Å². The Morgan fingerprint density at radius 1 is 1.35 bits per heavy atom. The molecule has 0 radical (unpaired) electrons. The highest BCUT2D eigenvalue weighted by Crippen LogP contribution is 2.21. The van der Waals surface area contributed by atoms with Gasteiger partial charge in [-0.2, -0.15) is 5.10 Å². The lowest BCUT2D eigenvalue weighted by atomic mass is 10.1. The lowest BCUT2D eigenvalue weighted by Crippen LogP contribution is -2.14. The van der Waals surface area contributed by atoms with Crippen molar-refractivity contribution >= 4 is 11.0 Å². The van der Waals surface area contributed by atoms with E-state index in [1.54, 1.807) is 10.9 Å². The highest BCUT2D eigenvalue weighted by atomic mass is 16.1. The molecule has 5 heteroatoms. The normalized spacial score (nSPS) is 17.2. The number of rotatable bonds is 3. The molecule has 0 spiro atoms. The van der Waals surface area contributed by atoms with Gasteiger partial charge in [-0.15, -0.1) is 0 Å². The number of benzene rings is 1. The van der Waals surface area contributed by atoms with Gasteiger partial charge >= 0.3 is 0 Å². The molecular formula is C18H18N4O. The van der Waals surface area contributed by atoms with Crippen LogP contribution in [0.3, 0.4) is 0 Å². The maximum Gasteiger partial charge on any atom is 0.262 e. The molecule has 0 bridgehead atoms. The van der Waals surface area contributed by atoms with Crippen LogP contribution in [0.4, 0.5) is 0 Å². The molecule has 0 saturated heterocycles. The van der Waals surface area contributed by atoms with Crippen molar-refractivity contribution in [3.8, 4) is 5.69 Å². The van der Waals surface area contributed by atoms with E-state index < -0.39 is 0 Å². The monoisotopic (exact) mass is 306 g/mol. The van der Waals surface area contributed by atoms with Gasteiger partial charge in [0.15, 0.2) is 5.65 Å². The Hall–Kier alpha value is -2.69. The van der Waals surface area contributed by atoms with Crippen molar-refractivity contribution in [1.82, 2.24) is 19.7 Å². The third kappa shape index (κ3) is 2.48. The number of hydrogen-bond donors (Lipinski definition) is 1. The molecule has 0 aliphatic heterocycles. The van der Waals surface area contributed by atoms with Crippen molar-refractivity contribution in [3.05, 3.63) is 64.4 Å². The first-order valence-electron chi connectivity index (χ1n) is 7.92. The van der Waals surface area contributed by atoms with E-state index in [0.717, 1.165) is 36.3 Å². The minimum atomic E-state index is -0.119. The number of aryl methyl sites for hydroxylation is 1. The number of hydrogen-bond acceptors (Lipinski definition) is 3. The summed E-state index contributed by atoms with van der Waals surface area (Å²) in [6, 6.07) is 7.97. The molecule has 0 amide bonds. The van der Waals surface area contributed by atoms with Crippen LogP contribution >= 0.6 is 0 Å². The summed E-state index contributed by atoms with van der Waals surface area (Å²) in [4.78, 5) is 19.9. The molecule has 1 aliphatic carbocycles. The summed E-state index contributed by atoms with van der Waals surface area (Å²) < 4.78 is 1.76. The van der Waals surface area contributed by atoms with E-state index in [0.29, 0.717) is 17.0 Å². The van der Waals surface area contributed by atoms with Crippen molar-refractivity contribution in [3.63, 3.8) is 0 Å². The van der Waals surface area contributed by atoms with E-state index in [-0.39, 0.29) is 5.56 Å². The Morgan fingerprint density at radius 3 is 3.00 bits per heavy atom. The van der Waals surface area contributed by atoms with Crippen LogP contribution in [0.5, 0.6) is 0 Å². The van der Waals surface area contributed by atoms with Gasteiger partial charge in [0.05, 0.1) is 11.9 Å². The Kier molecular flexibility index (Phi) is 3.33. The van der Waals surface area contributed by atoms with Crippen LogP contribution in [-0.2, 0) is 6.42 Å². The second-order valence-corrected chi connectivity index (χ2v) is 6.06. The summed E-state index contributed by atoms with van der Waals surface area (Å²) in [5.74, 6) is 1.19. The fourth-order valence-electron chi connectivity index (χ4n) is 3.15. The fraction of sp³-hybridized carbons (Fsp3) is 0.278. The zero-order valence-corrected chi connectivity index (χ0v) is 13.0. The van der Waals surface area contributed by atoms with Gasteiger partial charge in [0.1, 0.15) is 11.2 Å². The molecular weight excluding hydrogens is 288 g/mol. The third-order valence-electron chi connectivity index (χ3n) is 4.40. The summed E-state index contributed by atoms with van der Waals surface area (Å²) in [6.45, 7) is 2.03. The average Bonchev–Trinajstić information content (AvgIpc) is 3.18. The van der Waals surface area contributed by atoms with Crippen molar-refractivity contribution in [2.45, 2.75) is 26.2 Å². The van der Waals surface area contributed by atoms with E-state index in [2.05, 4.69) is 27.2 Å². The predicted octanol–water partition coefficient (Wildman–Crippen LogP) is 2.93. The van der Waals surface area contributed by atoms with Crippen LogP contribution in [0, 0.1) is 12.8 Å². The lowest BCUT2D eigenvalue weighted by molar-refractivity contribution is 0.608. The third-order valence-corrected chi connectivity index (χ3v) is 4.40. The van der Waals surface area contributed by atoms with Gasteiger partial charge in [-0.05, 0) is 37.3 Å². The van der Waals surface area contributed by atoms with Crippen molar-refractivity contribution in [2.75, 3.05) is 0 Å². The number of aromatic nitrogens is 4. The quantitative estimate of drug-likeness (QED) is 0.757. The van der Waals surface area contributed by atoms with Gasteiger partial charge in [0, 0.05) is 6.42 Å². The summed E-state index contributed by atoms with van der Waals surface area (Å²) in [5.41, 5.74) is 2.55. The van der Waals surface area contributed by atoms with E-state index in [1.807, 2.05) is 31.2 Å². The van der Waals surface area contributed by atoms with Crippen LogP contribution < -0.4 is 5.56 Å². The van der Waals surface area contributed by atoms with E-state index >= 15 is 0 Å². The molecule has 23 heavy (non-hydrogen) atoms. The average molecular weight is 306 g/mol. The molecule has 116 valence electrons. The molecule has 0 saturated carbocycles. The highest BCUT2D eigenvalue weighted by Gasteiger charge is 2.16. The fourth-order valence-corrected chi connectivity index (χ4v) is 3.15. The van der Waals surface area contributed by atoms with Gasteiger partial charge in [-0.25, -0.2) is 9.67 Å². The molecule has 3 aromatic rings. The van der Waals surface area contributed by atoms with Crippen LogP contribution in [0.15, 0.2) is 47.4 Å². The predicted molar refractivity (Wildman–Crippen MR) is 89.8 cm³/mol. The maximum atomic E-state index is 12.3. The summed E-state index contributed by atoms with van der Waals surface area (Å²) in [6.07, 6.45) is 8.99. The molecule has 5 nitrogen and oxygen atoms in total. The number of nitrogens with zero attached hydrogens (tertiary/aromatic N) is 3. The molecule has 2 aromatic heterocycles. The summed E-state index contributed by atoms with van der Waals surface area (Å²) >= 11 is 0. The standard InChI is InChI=1S/C18H18N4O/c1-12-6-2-5-9-15(12)22-17-14(11-19-22)18(23)21-16(20-17)10-13-7-3-4-8-13/h2-3,5-7,9,11,13H,4,8,10H2,1H3,(H,20,21,23). The van der Waals surface area contributed by atoms with Crippen LogP contribution in [0.25, 0.3) is 16.7 Å². The number of aromatic amines is 1. The number of para-hydroxylation sites is 1. The molecule has 1 unspecified atom stereocenters. The van der Waals surface area contributed by atoms with Crippen LogP contribution in [0.1, 0.15) is 24.2 Å². The van der Waals surface area contributed by atoms with Gasteiger partial charge in [0.25, 0.3) is 5.56 Å². The van der Waals surface area contributed by atoms with Gasteiger partial charge in [-0.1, -0.05) is 30.4 Å². The van der Waals surface area contributed by atoms with E-state index in [4.69, 9.17) is 0 Å². The van der Waals surface area contributed by atoms with Crippen molar-refractivity contribution < 1.29 is 0 Å². The second kappa shape index (κ2) is 5.50. The minimum absolute atomic E-state index is 0.119. The van der Waals surface area contributed by atoms with Crippen LogP contribution in [-0.4, -0.2) is 19.7 Å². The van der Waals surface area contributed by atoms with Gasteiger partial charge in [0.2, 0.25) is 0 Å². The second-order valence-electron chi connectivity index (χ2n) is 6.06. The lowest BCUT2D eigenvalue weighted by Gasteiger charge is -2.09. The summed E-state index contributed by atoms with van der Waals surface area (Å²) in [7, 11) is 0. The minimum Gasteiger partial charge on any atom is -0.310 e. The molecule has 0 fully saturated rings. The Labute approximate surface area is 133 Å². The van der Waals surface area contributed by atoms with E-state index in [1.165, 1.54) is 0 Å². The molecule has 1 atom stereocenters. The van der Waals surface area contributed by atoms with Crippen molar-refractivity contribution in [1.29, 1.82) is 0 Å². The first-order valence-corrected chi connectivity index (χ1v) is 7.92. The Balaban J connectivity index is 1.84. The number of allylic oxidation sites excluding steroid dienone is 2. The largest absolute Gasteiger partial charge is 0.310 e. The summed E-state index contributed by atoms with van der Waals surface area (Å²) in [5, 5.41) is 4.91. The molecule has 1 N–H and O–H groups in total. The zero-order chi connectivity index (χ0) is 15.8. The van der Waals surface area contributed by atoms with Gasteiger partial charge in [-0.3, -0.25) is 4.79 Å². The zero-order valence-electron chi connectivity index (χ0n) is 13.0. The SMILES string of the molecule is Cc1ccccc1-n1ncc2c(=O)[nH]c(CC3C=CCC3)nc21. The Morgan fingerprint density at radius 2 is 2.22 bits per heavy atom. The first kappa shape index (κ1) is 13.9. The maximum absolute atomic E-state index is 12.3. The smallest absolute Gasteiger partial charge is 0.262 e. The number of fused-ring (bicyclic) bond motifs is 1. The number of nitrogens with one attached hydrogen (secondary N) is 1. The molecule has 1 aliphatic rings. The van der Waals surface area contributed by atoms with E-state index in [9.17, 15) is 4.79 Å². The molecule has 1 aromatic carbocycles. The van der Waals surface area contributed by atoms with Crippen LogP contribution in [0.2, 0.25) is 0 Å². The first-order chi connectivity index (χ1) is 11.2. The Bertz CT molecular complexity index is 951. The van der Waals surface area contributed by atoms with Gasteiger partial charge < -0.3 is 4.98 Å². The van der Waals surface area contributed by atoms with Crippen molar-refractivity contribution in [2.24, 2.45) is 5.92 Å². The molecule has 2 heterocycles.